The molecule has 0 radical (unpaired) electrons. The Morgan fingerprint density at radius 1 is 0.444 bits per heavy atom. The van der Waals surface area contributed by atoms with Crippen molar-refractivity contribution in [1.29, 1.82) is 0 Å². The minimum Gasteiger partial charge on any atom is -0.261 e. The Morgan fingerprint density at radius 3 is 0.889 bits per heavy atom. The second-order valence-electron chi connectivity index (χ2n) is 9.82. The summed E-state index contributed by atoms with van der Waals surface area (Å²) >= 11 is 5.98. The molecule has 0 fully saturated rings. The van der Waals surface area contributed by atoms with Crippen LogP contribution in [0.4, 0.5) is 0 Å². The van der Waals surface area contributed by atoms with E-state index in [0.29, 0.717) is 44.1 Å². The van der Waals surface area contributed by atoms with Gasteiger partial charge in [-0.3, -0.25) is 12.5 Å². The fourth-order valence-corrected chi connectivity index (χ4v) is 11.7. The molecule has 0 saturated heterocycles. The van der Waals surface area contributed by atoms with E-state index in [1.165, 1.54) is 18.2 Å². The van der Waals surface area contributed by atoms with Gasteiger partial charge in [0.25, 0.3) is 30.4 Å². The van der Waals surface area contributed by atoms with Gasteiger partial charge in [-0.2, -0.15) is 25.3 Å². The molecule has 15 heteroatoms. The molecule has 0 aliphatic rings. The second-order valence-corrected chi connectivity index (χ2v) is 17.8. The van der Waals surface area contributed by atoms with Crippen molar-refractivity contribution in [1.82, 2.24) is 0 Å². The van der Waals surface area contributed by atoms with Gasteiger partial charge in [-0.05, 0) is 123 Å². The third-order valence-corrected chi connectivity index (χ3v) is 14.9. The van der Waals surface area contributed by atoms with E-state index in [0.717, 1.165) is 0 Å². The highest BCUT2D eigenvalue weighted by Gasteiger charge is 2.27. The van der Waals surface area contributed by atoms with Crippen molar-refractivity contribution in [2.45, 2.75) is 55.3 Å². The van der Waals surface area contributed by atoms with Crippen molar-refractivity contribution in [3.63, 3.8) is 0 Å². The van der Waals surface area contributed by atoms with Crippen LogP contribution in [0.25, 0.3) is 0 Å². The maximum absolute atomic E-state index is 13.1. The summed E-state index contributed by atoms with van der Waals surface area (Å²) in [5.74, 6) is 0. The third kappa shape index (κ3) is 8.45. The highest BCUT2D eigenvalue weighted by molar-refractivity contribution is 14.1. The molecule has 0 aliphatic carbocycles. The molecule has 0 unspecified atom stereocenters. The zero-order valence-electron chi connectivity index (χ0n) is 24.1. The van der Waals surface area contributed by atoms with Gasteiger partial charge < -0.3 is 0 Å². The Morgan fingerprint density at radius 2 is 0.667 bits per heavy atom. The first-order chi connectivity index (χ1) is 21.1. The number of hydrogen-bond donors (Lipinski definition) is 0. The smallest absolute Gasteiger partial charge is 0.261 e. The molecule has 0 saturated carbocycles. The summed E-state index contributed by atoms with van der Waals surface area (Å²) in [5.41, 5.74) is 2.76. The van der Waals surface area contributed by atoms with Crippen LogP contribution < -0.4 is 0 Å². The predicted molar refractivity (Wildman–Crippen MR) is 194 cm³/mol. The third-order valence-electron chi connectivity index (χ3n) is 6.75. The minimum atomic E-state index is -4.17. The van der Waals surface area contributed by atoms with Crippen LogP contribution in [0.2, 0.25) is 0 Å². The van der Waals surface area contributed by atoms with Crippen LogP contribution in [0.1, 0.15) is 33.4 Å². The molecule has 0 amide bonds. The molecule has 0 aromatic heterocycles. The van der Waals surface area contributed by atoms with Crippen molar-refractivity contribution in [2.24, 2.45) is 0 Å². The molecule has 0 spiro atoms. The molecule has 240 valence electrons. The average molecular weight is 1010 g/mol. The molecule has 4 aromatic carbocycles. The maximum atomic E-state index is 13.1. The Kier molecular flexibility index (Phi) is 12.1. The molecule has 0 aliphatic heterocycles. The topological polar surface area (TPSA) is 130 Å². The molecular formula is C30H27I3O9S3. The van der Waals surface area contributed by atoms with E-state index >= 15 is 0 Å². The Labute approximate surface area is 304 Å². The van der Waals surface area contributed by atoms with E-state index in [9.17, 15) is 25.3 Å². The Bertz CT molecular complexity index is 1820. The summed E-state index contributed by atoms with van der Waals surface area (Å²) in [5, 5.41) is 0. The summed E-state index contributed by atoms with van der Waals surface area (Å²) in [7, 11) is -12.5. The van der Waals surface area contributed by atoms with Crippen LogP contribution in [-0.4, -0.2) is 25.3 Å². The van der Waals surface area contributed by atoms with Gasteiger partial charge in [-0.25, -0.2) is 0 Å². The summed E-state index contributed by atoms with van der Waals surface area (Å²) in [6.45, 7) is 3.76. The van der Waals surface area contributed by atoms with Gasteiger partial charge in [0.15, 0.2) is 0 Å². The SMILES string of the molecule is Cc1ccccc1S(=O)(=O)OCc1c(I)c(COS(=O)(=O)c2ccccc2C)c(I)c(COS(=O)(=O)c2ccccc2C)c1I. The Hall–Kier alpha value is -1.20. The fraction of sp³-hybridized carbons (Fsp3) is 0.200. The molecule has 0 heterocycles. The van der Waals surface area contributed by atoms with Crippen LogP contribution >= 0.6 is 67.8 Å². The van der Waals surface area contributed by atoms with E-state index in [1.807, 2.05) is 67.8 Å². The molecule has 4 aromatic rings. The maximum Gasteiger partial charge on any atom is 0.297 e. The van der Waals surface area contributed by atoms with Gasteiger partial charge in [-0.15, -0.1) is 0 Å². The number of aryl methyl sites for hydroxylation is 3. The van der Waals surface area contributed by atoms with Crippen molar-refractivity contribution in [2.75, 3.05) is 0 Å². The molecule has 4 rings (SSSR count). The van der Waals surface area contributed by atoms with Crippen LogP contribution in [0, 0.1) is 31.5 Å². The Balaban J connectivity index is 1.75. The lowest BCUT2D eigenvalue weighted by atomic mass is 10.1. The van der Waals surface area contributed by atoms with E-state index in [4.69, 9.17) is 12.5 Å². The quantitative estimate of drug-likeness (QED) is 0.107. The van der Waals surface area contributed by atoms with Gasteiger partial charge in [-0.1, -0.05) is 54.6 Å². The highest BCUT2D eigenvalue weighted by Crippen LogP contribution is 2.35. The monoisotopic (exact) mass is 1010 g/mol. The van der Waals surface area contributed by atoms with Crippen molar-refractivity contribution in [3.8, 4) is 0 Å². The first-order valence-electron chi connectivity index (χ1n) is 13.1. The van der Waals surface area contributed by atoms with Crippen molar-refractivity contribution < 1.29 is 37.8 Å². The highest BCUT2D eigenvalue weighted by atomic mass is 127. The number of hydrogen-bond acceptors (Lipinski definition) is 9. The van der Waals surface area contributed by atoms with Crippen LogP contribution in [0.5, 0.6) is 0 Å². The van der Waals surface area contributed by atoms with E-state index in [-0.39, 0.29) is 14.7 Å². The first-order valence-corrected chi connectivity index (χ1v) is 20.5. The fourth-order valence-electron chi connectivity index (χ4n) is 4.33. The number of halogens is 3. The van der Waals surface area contributed by atoms with Gasteiger partial charge >= 0.3 is 0 Å². The lowest BCUT2D eigenvalue weighted by Crippen LogP contribution is -2.16. The van der Waals surface area contributed by atoms with E-state index < -0.39 is 50.2 Å². The predicted octanol–water partition coefficient (Wildman–Crippen LogP) is 7.14. The number of rotatable bonds is 12. The van der Waals surface area contributed by atoms with Crippen LogP contribution in [0.3, 0.4) is 0 Å². The van der Waals surface area contributed by atoms with Crippen molar-refractivity contribution >= 4 is 98.1 Å². The van der Waals surface area contributed by atoms with Gasteiger partial charge in [0.2, 0.25) is 0 Å². The lowest BCUT2D eigenvalue weighted by molar-refractivity contribution is 0.293. The molecular weight excluding hydrogens is 981 g/mol. The molecule has 0 bridgehead atoms. The van der Waals surface area contributed by atoms with E-state index in [2.05, 4.69) is 0 Å². The van der Waals surface area contributed by atoms with E-state index in [1.54, 1.807) is 75.4 Å². The normalized spacial score (nSPS) is 12.4. The average Bonchev–Trinajstić information content (AvgIpc) is 2.97. The van der Waals surface area contributed by atoms with Crippen molar-refractivity contribution in [3.05, 3.63) is 117 Å². The zero-order chi connectivity index (χ0) is 33.2. The standard InChI is InChI=1S/C30H27I3O9S3/c1-19-10-4-7-13-25(19)43(34,35)40-16-22-28(31)23(17-41-44(36,37)26-14-8-5-11-20(26)2)30(33)24(29(22)32)18-42-45(38,39)27-15-9-6-12-21(27)3/h4-15H,16-18H2,1-3H3. The minimum absolute atomic E-state index is 0.0151. The molecule has 45 heavy (non-hydrogen) atoms. The molecule has 0 atom stereocenters. The van der Waals surface area contributed by atoms with Crippen LogP contribution in [0.15, 0.2) is 87.5 Å². The second kappa shape index (κ2) is 14.9. The molecule has 0 N–H and O–H groups in total. The summed E-state index contributed by atoms with van der Waals surface area (Å²) in [6.07, 6.45) is 0. The summed E-state index contributed by atoms with van der Waals surface area (Å²) < 4.78 is 96.9. The van der Waals surface area contributed by atoms with Gasteiger partial charge in [0.1, 0.15) is 0 Å². The lowest BCUT2D eigenvalue weighted by Gasteiger charge is -2.20. The van der Waals surface area contributed by atoms with Crippen LogP contribution in [-0.2, 0) is 62.7 Å². The van der Waals surface area contributed by atoms with Gasteiger partial charge in [0, 0.05) is 27.4 Å². The number of benzene rings is 4. The summed E-state index contributed by atoms with van der Waals surface area (Å²) in [6, 6.07) is 19.2. The summed E-state index contributed by atoms with van der Waals surface area (Å²) in [4.78, 5) is 0.0453. The van der Waals surface area contributed by atoms with Gasteiger partial charge in [0.05, 0.1) is 34.5 Å². The zero-order valence-corrected chi connectivity index (χ0v) is 33.0. The first kappa shape index (κ1) is 36.6. The molecule has 9 nitrogen and oxygen atoms in total. The largest absolute Gasteiger partial charge is 0.297 e.